The van der Waals surface area contributed by atoms with E-state index in [0.717, 1.165) is 11.3 Å². The maximum absolute atomic E-state index is 12.5. The molecule has 1 aliphatic rings. The number of nitrogens with one attached hydrogen (secondary N) is 2. The number of aromatic nitrogens is 4. The number of hydrogen-bond acceptors (Lipinski definition) is 9. The average Bonchev–Trinajstić information content (AvgIpc) is 3.53. The van der Waals surface area contributed by atoms with Crippen LogP contribution in [0.3, 0.4) is 0 Å². The van der Waals surface area contributed by atoms with Crippen LogP contribution in [0.4, 0.5) is 16.3 Å². The van der Waals surface area contributed by atoms with Crippen LogP contribution in [0.2, 0.25) is 0 Å². The number of imidazole rings is 1. The molecule has 1 saturated heterocycles. The second-order valence-electron chi connectivity index (χ2n) is 11.9. The topological polar surface area (TPSA) is 164 Å². The van der Waals surface area contributed by atoms with Crippen molar-refractivity contribution in [1.82, 2.24) is 29.7 Å². The number of ether oxygens (including phenoxy) is 1. The minimum atomic E-state index is -1.19. The van der Waals surface area contributed by atoms with Gasteiger partial charge in [-0.3, -0.25) is 9.47 Å². The molecule has 0 aliphatic carbocycles. The Hall–Kier alpha value is -4.10. The van der Waals surface area contributed by atoms with Crippen molar-refractivity contribution in [3.63, 3.8) is 0 Å². The first kappa shape index (κ1) is 30.4. The van der Waals surface area contributed by atoms with Crippen LogP contribution in [0.5, 0.6) is 0 Å². The molecule has 4 aromatic rings. The van der Waals surface area contributed by atoms with Gasteiger partial charge in [0, 0.05) is 31.9 Å². The maximum Gasteiger partial charge on any atom is 0.319 e. The molecule has 228 valence electrons. The number of rotatable bonds is 10. The maximum atomic E-state index is 12.5. The van der Waals surface area contributed by atoms with Gasteiger partial charge in [-0.1, -0.05) is 63.2 Å². The first-order valence-corrected chi connectivity index (χ1v) is 14.5. The molecule has 12 heteroatoms. The van der Waals surface area contributed by atoms with Crippen LogP contribution >= 0.6 is 0 Å². The Morgan fingerprint density at radius 3 is 2.51 bits per heavy atom. The van der Waals surface area contributed by atoms with E-state index in [1.54, 1.807) is 4.57 Å². The van der Waals surface area contributed by atoms with Gasteiger partial charge in [0.25, 0.3) is 0 Å². The molecule has 2 aromatic heterocycles. The lowest BCUT2D eigenvalue weighted by Gasteiger charge is -2.27. The summed E-state index contributed by atoms with van der Waals surface area (Å²) in [5.41, 5.74) is 9.81. The largest absolute Gasteiger partial charge is 0.387 e. The molecule has 0 radical (unpaired) electrons. The van der Waals surface area contributed by atoms with Gasteiger partial charge in [-0.2, -0.15) is 0 Å². The second kappa shape index (κ2) is 13.0. The molecule has 2 amide bonds. The van der Waals surface area contributed by atoms with Crippen LogP contribution in [0.1, 0.15) is 44.5 Å². The lowest BCUT2D eigenvalue weighted by molar-refractivity contribution is -0.0449. The minimum Gasteiger partial charge on any atom is -0.387 e. The Morgan fingerprint density at radius 2 is 1.79 bits per heavy atom. The van der Waals surface area contributed by atoms with Crippen LogP contribution in [0.15, 0.2) is 67.3 Å². The van der Waals surface area contributed by atoms with Crippen molar-refractivity contribution in [3.8, 4) is 0 Å². The number of carbonyl (C=O) groups excluding carboxylic acids is 1. The number of amides is 2. The Balaban J connectivity index is 1.18. The van der Waals surface area contributed by atoms with E-state index in [4.69, 9.17) is 10.5 Å². The van der Waals surface area contributed by atoms with E-state index in [0.29, 0.717) is 43.8 Å². The highest BCUT2D eigenvalue weighted by Gasteiger charge is 2.44. The number of nitrogens with zero attached hydrogens (tertiary/aromatic N) is 5. The van der Waals surface area contributed by atoms with Gasteiger partial charge in [0.2, 0.25) is 0 Å². The Morgan fingerprint density at radius 1 is 1.05 bits per heavy atom. The number of nitrogens with two attached hydrogens (primary N) is 1. The summed E-state index contributed by atoms with van der Waals surface area (Å²) in [6.45, 7) is 8.50. The van der Waals surface area contributed by atoms with Crippen LogP contribution in [0, 0.1) is 0 Å². The summed E-state index contributed by atoms with van der Waals surface area (Å²) in [6.07, 6.45) is -0.415. The highest BCUT2D eigenvalue weighted by Crippen LogP contribution is 2.32. The summed E-state index contributed by atoms with van der Waals surface area (Å²) in [7, 11) is 0. The fourth-order valence-electron chi connectivity index (χ4n) is 5.23. The lowest BCUT2D eigenvalue weighted by Crippen LogP contribution is -2.41. The molecule has 6 N–H and O–H groups in total. The van der Waals surface area contributed by atoms with Crippen molar-refractivity contribution in [2.24, 2.45) is 0 Å². The molecule has 3 heterocycles. The van der Waals surface area contributed by atoms with E-state index < -0.39 is 24.5 Å². The van der Waals surface area contributed by atoms with E-state index in [1.165, 1.54) is 18.2 Å². The van der Waals surface area contributed by atoms with Crippen LogP contribution in [0.25, 0.3) is 11.2 Å². The molecule has 2 unspecified atom stereocenters. The molecule has 4 atom stereocenters. The lowest BCUT2D eigenvalue weighted by atomic mass is 9.87. The zero-order chi connectivity index (χ0) is 30.6. The predicted octanol–water partition coefficient (Wildman–Crippen LogP) is 3.04. The summed E-state index contributed by atoms with van der Waals surface area (Å²) < 4.78 is 7.76. The highest BCUT2D eigenvalue weighted by atomic mass is 16.6. The number of aliphatic hydroxyl groups is 2. The van der Waals surface area contributed by atoms with Crippen LogP contribution < -0.4 is 16.4 Å². The second-order valence-corrected chi connectivity index (χ2v) is 11.9. The van der Waals surface area contributed by atoms with Crippen molar-refractivity contribution in [3.05, 3.63) is 78.4 Å². The van der Waals surface area contributed by atoms with Crippen molar-refractivity contribution in [2.75, 3.05) is 30.7 Å². The Bertz CT molecular complexity index is 1510. The number of nitrogen functional groups attached to an aromatic ring is 1. The minimum absolute atomic E-state index is 0.0440. The summed E-state index contributed by atoms with van der Waals surface area (Å²) in [5.74, 6) is 0.225. The predicted molar refractivity (Wildman–Crippen MR) is 164 cm³/mol. The molecular formula is C31H40N8O4. The molecule has 0 spiro atoms. The molecule has 2 aromatic carbocycles. The standard InChI is InChI=1S/C31H40N8O4/c1-31(2,3)21-10-12-22(13-11-21)37-30(42)33-14-7-15-38(16-20-8-5-4-6-9-20)17-23-25(40)26(41)29(43-23)39-19-36-24-27(32)34-18-35-28(24)39/h4-6,8-13,18-19,23,25-26,29,40-41H,7,14-17H2,1-3H3,(H2,32,34,35)(H2,33,37,42)/t23?,25-,26?,29-/m1/s1. The van der Waals surface area contributed by atoms with Gasteiger partial charge < -0.3 is 31.3 Å². The number of carbonyl (C=O) groups is 1. The normalized spacial score (nSPS) is 20.5. The van der Waals surface area contributed by atoms with Crippen molar-refractivity contribution >= 4 is 28.7 Å². The number of urea groups is 1. The van der Waals surface area contributed by atoms with Gasteiger partial charge >= 0.3 is 6.03 Å². The molecule has 1 aliphatic heterocycles. The van der Waals surface area contributed by atoms with E-state index in [-0.39, 0.29) is 17.3 Å². The summed E-state index contributed by atoms with van der Waals surface area (Å²) in [5, 5.41) is 27.7. The quantitative estimate of drug-likeness (QED) is 0.175. The average molecular weight is 589 g/mol. The molecule has 1 fully saturated rings. The van der Waals surface area contributed by atoms with Crippen LogP contribution in [-0.4, -0.2) is 78.6 Å². The summed E-state index contributed by atoms with van der Waals surface area (Å²) in [6, 6.07) is 17.6. The molecular weight excluding hydrogens is 548 g/mol. The Labute approximate surface area is 250 Å². The third kappa shape index (κ3) is 7.28. The monoisotopic (exact) mass is 588 g/mol. The fourth-order valence-corrected chi connectivity index (χ4v) is 5.23. The Kier molecular flexibility index (Phi) is 9.21. The SMILES string of the molecule is CC(C)(C)c1ccc(NC(=O)NCCCN(Cc2ccccc2)CC2O[C@@H](n3cnc4c(N)ncnc43)C(O)[C@@H]2O)cc1. The van der Waals surface area contributed by atoms with E-state index in [9.17, 15) is 15.0 Å². The van der Waals surface area contributed by atoms with Gasteiger partial charge in [-0.05, 0) is 35.1 Å². The third-order valence-corrected chi connectivity index (χ3v) is 7.63. The number of fused-ring (bicyclic) bond motifs is 1. The summed E-state index contributed by atoms with van der Waals surface area (Å²) in [4.78, 5) is 27.1. The van der Waals surface area contributed by atoms with Gasteiger partial charge in [0.15, 0.2) is 17.7 Å². The van der Waals surface area contributed by atoms with Crippen molar-refractivity contribution in [1.29, 1.82) is 0 Å². The third-order valence-electron chi connectivity index (χ3n) is 7.63. The van der Waals surface area contributed by atoms with Crippen molar-refractivity contribution < 1.29 is 19.7 Å². The van der Waals surface area contributed by atoms with Crippen LogP contribution in [-0.2, 0) is 16.7 Å². The molecule has 0 saturated carbocycles. The number of hydrogen-bond donors (Lipinski definition) is 5. The number of anilines is 2. The van der Waals surface area contributed by atoms with E-state index >= 15 is 0 Å². The first-order valence-electron chi connectivity index (χ1n) is 14.5. The van der Waals surface area contributed by atoms with Gasteiger partial charge in [0.05, 0.1) is 6.33 Å². The van der Waals surface area contributed by atoms with Gasteiger partial charge in [-0.15, -0.1) is 0 Å². The zero-order valence-corrected chi connectivity index (χ0v) is 24.7. The first-order chi connectivity index (χ1) is 20.6. The smallest absolute Gasteiger partial charge is 0.319 e. The molecule has 5 rings (SSSR count). The molecule has 43 heavy (non-hydrogen) atoms. The molecule has 0 bridgehead atoms. The summed E-state index contributed by atoms with van der Waals surface area (Å²) >= 11 is 0. The van der Waals surface area contributed by atoms with Gasteiger partial charge in [-0.25, -0.2) is 19.7 Å². The fraction of sp³-hybridized carbons (Fsp3) is 0.419. The highest BCUT2D eigenvalue weighted by molar-refractivity contribution is 5.89. The number of benzene rings is 2. The van der Waals surface area contributed by atoms with E-state index in [1.807, 2.05) is 54.6 Å². The van der Waals surface area contributed by atoms with Crippen molar-refractivity contribution in [2.45, 2.75) is 63.7 Å². The number of aliphatic hydroxyl groups excluding tert-OH is 2. The molecule has 12 nitrogen and oxygen atoms in total. The zero-order valence-electron chi connectivity index (χ0n) is 24.7. The van der Waals surface area contributed by atoms with E-state index in [2.05, 4.69) is 51.3 Å². The van der Waals surface area contributed by atoms with Gasteiger partial charge in [0.1, 0.15) is 30.2 Å².